The monoisotopic (exact) mass is 274 g/mol. The maximum Gasteiger partial charge on any atom is 0.237 e. The van der Waals surface area contributed by atoms with Crippen LogP contribution in [0.15, 0.2) is 0 Å². The molecule has 1 heterocycles. The number of rotatable bonds is 3. The van der Waals surface area contributed by atoms with Crippen LogP contribution in [0.3, 0.4) is 0 Å². The van der Waals surface area contributed by atoms with Gasteiger partial charge in [0.1, 0.15) is 0 Å². The highest BCUT2D eigenvalue weighted by Crippen LogP contribution is 2.30. The van der Waals surface area contributed by atoms with E-state index in [-0.39, 0.29) is 24.4 Å². The summed E-state index contributed by atoms with van der Waals surface area (Å²) in [4.78, 5) is 12.0. The average Bonchev–Trinajstić information content (AvgIpc) is 2.82. The number of carbonyl (C=O) groups excluding carboxylic acids is 1. The zero-order valence-electron chi connectivity index (χ0n) is 11.6. The first-order valence-electron chi connectivity index (χ1n) is 7.20. The molecule has 3 atom stereocenters. The number of halogens is 1. The Morgan fingerprint density at radius 1 is 1.22 bits per heavy atom. The summed E-state index contributed by atoms with van der Waals surface area (Å²) >= 11 is 0. The molecule has 2 N–H and O–H groups in total. The minimum Gasteiger partial charge on any atom is -0.352 e. The predicted molar refractivity (Wildman–Crippen MR) is 77.0 cm³/mol. The van der Waals surface area contributed by atoms with E-state index in [1.807, 2.05) is 0 Å². The van der Waals surface area contributed by atoms with Crippen LogP contribution in [0.1, 0.15) is 52.4 Å². The molecule has 2 rings (SSSR count). The van der Waals surface area contributed by atoms with Gasteiger partial charge in [0, 0.05) is 6.04 Å². The Hall–Kier alpha value is -0.280. The van der Waals surface area contributed by atoms with Crippen LogP contribution in [0.25, 0.3) is 0 Å². The zero-order valence-corrected chi connectivity index (χ0v) is 12.4. The third-order valence-electron chi connectivity index (χ3n) is 4.38. The Bertz CT molecular complexity index is 265. The molecule has 1 saturated heterocycles. The second-order valence-corrected chi connectivity index (χ2v) is 6.03. The van der Waals surface area contributed by atoms with Gasteiger partial charge in [-0.1, -0.05) is 26.7 Å². The summed E-state index contributed by atoms with van der Waals surface area (Å²) in [6.07, 6.45) is 7.10. The van der Waals surface area contributed by atoms with Gasteiger partial charge in [-0.2, -0.15) is 0 Å². The maximum absolute atomic E-state index is 12.0. The Morgan fingerprint density at radius 3 is 2.61 bits per heavy atom. The highest BCUT2D eigenvalue weighted by molar-refractivity contribution is 5.85. The summed E-state index contributed by atoms with van der Waals surface area (Å²) < 4.78 is 0. The van der Waals surface area contributed by atoms with Crippen LogP contribution in [-0.4, -0.2) is 24.5 Å². The maximum atomic E-state index is 12.0. The van der Waals surface area contributed by atoms with Gasteiger partial charge in [-0.15, -0.1) is 12.4 Å². The molecular weight excluding hydrogens is 248 g/mol. The van der Waals surface area contributed by atoms with E-state index in [4.69, 9.17) is 0 Å². The summed E-state index contributed by atoms with van der Waals surface area (Å²) in [6, 6.07) is 0.500. The molecule has 1 aliphatic carbocycles. The number of amides is 1. The minimum atomic E-state index is 0. The van der Waals surface area contributed by atoms with Crippen LogP contribution in [0.4, 0.5) is 0 Å². The second-order valence-electron chi connectivity index (χ2n) is 6.03. The predicted octanol–water partition coefficient (Wildman–Crippen LogP) is 2.49. The SMILES string of the molecule is CC(C)C1CCCC(NC(=O)C2CCCN2)C1.Cl. The molecule has 2 fully saturated rings. The fourth-order valence-electron chi connectivity index (χ4n) is 3.17. The summed E-state index contributed by atoms with van der Waals surface area (Å²) in [6.45, 7) is 5.60. The largest absolute Gasteiger partial charge is 0.352 e. The van der Waals surface area contributed by atoms with Gasteiger partial charge in [-0.05, 0) is 44.1 Å². The van der Waals surface area contributed by atoms with Crippen molar-refractivity contribution >= 4 is 18.3 Å². The first kappa shape index (κ1) is 15.8. The first-order valence-corrected chi connectivity index (χ1v) is 7.20. The van der Waals surface area contributed by atoms with Crippen molar-refractivity contribution in [1.29, 1.82) is 0 Å². The van der Waals surface area contributed by atoms with Gasteiger partial charge in [0.05, 0.1) is 6.04 Å². The molecule has 0 bridgehead atoms. The highest BCUT2D eigenvalue weighted by Gasteiger charge is 2.28. The van der Waals surface area contributed by atoms with Crippen molar-refractivity contribution in [1.82, 2.24) is 10.6 Å². The minimum absolute atomic E-state index is 0. The Morgan fingerprint density at radius 2 is 2.00 bits per heavy atom. The molecule has 2 aliphatic rings. The normalized spacial score (nSPS) is 32.1. The summed E-state index contributed by atoms with van der Waals surface area (Å²) in [5.74, 6) is 1.78. The lowest BCUT2D eigenvalue weighted by molar-refractivity contribution is -0.123. The molecule has 0 aromatic carbocycles. The molecule has 0 spiro atoms. The molecule has 3 nitrogen and oxygen atoms in total. The van der Waals surface area contributed by atoms with Gasteiger partial charge >= 0.3 is 0 Å². The van der Waals surface area contributed by atoms with E-state index in [0.29, 0.717) is 6.04 Å². The van der Waals surface area contributed by atoms with Crippen LogP contribution in [0.2, 0.25) is 0 Å². The third kappa shape index (κ3) is 4.13. The lowest BCUT2D eigenvalue weighted by Crippen LogP contribution is -2.47. The number of hydrogen-bond donors (Lipinski definition) is 2. The second kappa shape index (κ2) is 7.34. The van der Waals surface area contributed by atoms with Gasteiger partial charge in [-0.25, -0.2) is 0 Å². The lowest BCUT2D eigenvalue weighted by Gasteiger charge is -2.32. The highest BCUT2D eigenvalue weighted by atomic mass is 35.5. The molecule has 3 unspecified atom stereocenters. The fourth-order valence-corrected chi connectivity index (χ4v) is 3.17. The number of hydrogen-bond acceptors (Lipinski definition) is 2. The van der Waals surface area contributed by atoms with Crippen molar-refractivity contribution in [2.45, 2.75) is 64.5 Å². The quantitative estimate of drug-likeness (QED) is 0.830. The molecule has 4 heteroatoms. The Labute approximate surface area is 117 Å². The fraction of sp³-hybridized carbons (Fsp3) is 0.929. The molecule has 1 aliphatic heterocycles. The van der Waals surface area contributed by atoms with Crippen LogP contribution in [-0.2, 0) is 4.79 Å². The van der Waals surface area contributed by atoms with Crippen LogP contribution in [0, 0.1) is 11.8 Å². The molecule has 1 amide bonds. The summed E-state index contributed by atoms with van der Waals surface area (Å²) in [5.41, 5.74) is 0. The van der Waals surface area contributed by atoms with E-state index in [2.05, 4.69) is 24.5 Å². The van der Waals surface area contributed by atoms with Crippen molar-refractivity contribution < 1.29 is 4.79 Å². The van der Waals surface area contributed by atoms with Gasteiger partial charge in [-0.3, -0.25) is 4.79 Å². The van der Waals surface area contributed by atoms with Crippen molar-refractivity contribution in [2.24, 2.45) is 11.8 Å². The van der Waals surface area contributed by atoms with E-state index >= 15 is 0 Å². The zero-order chi connectivity index (χ0) is 12.3. The topological polar surface area (TPSA) is 41.1 Å². The average molecular weight is 275 g/mol. The van der Waals surface area contributed by atoms with E-state index < -0.39 is 0 Å². The van der Waals surface area contributed by atoms with E-state index in [9.17, 15) is 4.79 Å². The van der Waals surface area contributed by atoms with E-state index in [1.165, 1.54) is 25.7 Å². The van der Waals surface area contributed by atoms with Crippen molar-refractivity contribution in [3.63, 3.8) is 0 Å². The van der Waals surface area contributed by atoms with Crippen molar-refractivity contribution in [3.8, 4) is 0 Å². The summed E-state index contributed by atoms with van der Waals surface area (Å²) in [7, 11) is 0. The van der Waals surface area contributed by atoms with E-state index in [0.717, 1.165) is 31.2 Å². The molecule has 0 aromatic rings. The first-order chi connectivity index (χ1) is 8.16. The van der Waals surface area contributed by atoms with E-state index in [1.54, 1.807) is 0 Å². The molecule has 0 aromatic heterocycles. The summed E-state index contributed by atoms with van der Waals surface area (Å²) in [5, 5.41) is 6.51. The van der Waals surface area contributed by atoms with Crippen LogP contribution >= 0.6 is 12.4 Å². The van der Waals surface area contributed by atoms with Gasteiger partial charge < -0.3 is 10.6 Å². The van der Waals surface area contributed by atoms with Gasteiger partial charge in [0.25, 0.3) is 0 Å². The molecule has 18 heavy (non-hydrogen) atoms. The lowest BCUT2D eigenvalue weighted by atomic mass is 9.79. The standard InChI is InChI=1S/C14H26N2O.ClH/c1-10(2)11-5-3-6-12(9-11)16-14(17)13-7-4-8-15-13;/h10-13,15H,3-9H2,1-2H3,(H,16,17);1H. The Balaban J connectivity index is 0.00000162. The number of carbonyl (C=O) groups is 1. The van der Waals surface area contributed by atoms with Gasteiger partial charge in [0.15, 0.2) is 0 Å². The molecule has 106 valence electrons. The molecule has 1 saturated carbocycles. The number of nitrogens with one attached hydrogen (secondary N) is 2. The third-order valence-corrected chi connectivity index (χ3v) is 4.38. The Kier molecular flexibility index (Phi) is 6.44. The molecule has 0 radical (unpaired) electrons. The smallest absolute Gasteiger partial charge is 0.237 e. The van der Waals surface area contributed by atoms with Crippen molar-refractivity contribution in [2.75, 3.05) is 6.54 Å². The van der Waals surface area contributed by atoms with Gasteiger partial charge in [0.2, 0.25) is 5.91 Å². The van der Waals surface area contributed by atoms with Crippen molar-refractivity contribution in [3.05, 3.63) is 0 Å². The van der Waals surface area contributed by atoms with Crippen LogP contribution in [0.5, 0.6) is 0 Å². The van der Waals surface area contributed by atoms with Crippen LogP contribution < -0.4 is 10.6 Å². The molecular formula is C14H27ClN2O.